The Morgan fingerprint density at radius 2 is 1.87 bits per heavy atom. The number of sulfonamides is 1. The van der Waals surface area contributed by atoms with Gasteiger partial charge >= 0.3 is 5.97 Å². The Kier molecular flexibility index (Phi) is 4.42. The Balaban J connectivity index is 2.18. The van der Waals surface area contributed by atoms with Crippen molar-refractivity contribution in [1.82, 2.24) is 15.0 Å². The summed E-state index contributed by atoms with van der Waals surface area (Å²) in [6.45, 7) is 5.72. The van der Waals surface area contributed by atoms with Crippen LogP contribution >= 0.6 is 0 Å². The van der Waals surface area contributed by atoms with E-state index in [-0.39, 0.29) is 16.1 Å². The zero-order valence-electron chi connectivity index (χ0n) is 13.0. The van der Waals surface area contributed by atoms with Crippen LogP contribution < -0.4 is 4.72 Å². The number of carboxylic acids is 1. The largest absolute Gasteiger partial charge is 0.480 e. The van der Waals surface area contributed by atoms with Crippen LogP contribution in [0.4, 0.5) is 5.82 Å². The van der Waals surface area contributed by atoms with E-state index in [9.17, 15) is 13.2 Å². The third-order valence-corrected chi connectivity index (χ3v) is 4.48. The molecule has 1 aromatic carbocycles. The first-order valence-electron chi connectivity index (χ1n) is 6.83. The van der Waals surface area contributed by atoms with E-state index in [4.69, 9.17) is 5.11 Å². The molecule has 0 bridgehead atoms. The van der Waals surface area contributed by atoms with Crippen LogP contribution in [0.1, 0.15) is 26.3 Å². The van der Waals surface area contributed by atoms with E-state index in [0.717, 1.165) is 10.2 Å². The summed E-state index contributed by atoms with van der Waals surface area (Å²) in [6.07, 6.45) is 1.22. The van der Waals surface area contributed by atoms with Gasteiger partial charge in [0.2, 0.25) is 0 Å². The number of nitrogens with one attached hydrogen (secondary N) is 1. The topological polar surface area (TPSA) is 114 Å². The van der Waals surface area contributed by atoms with Gasteiger partial charge in [-0.05, 0) is 23.1 Å². The molecule has 2 aromatic rings. The summed E-state index contributed by atoms with van der Waals surface area (Å²) in [5.41, 5.74) is 0.943. The minimum Gasteiger partial charge on any atom is -0.480 e. The van der Waals surface area contributed by atoms with Crippen LogP contribution in [-0.2, 0) is 26.8 Å². The summed E-state index contributed by atoms with van der Waals surface area (Å²) in [5, 5.41) is 15.8. The molecule has 2 rings (SSSR count). The summed E-state index contributed by atoms with van der Waals surface area (Å²) in [6, 6.07) is 6.56. The van der Waals surface area contributed by atoms with Crippen LogP contribution in [-0.4, -0.2) is 34.5 Å². The minimum atomic E-state index is -3.80. The standard InChI is InChI=1S/C14H18N4O4S/c1-14(2,3)10-4-6-11(7-5-10)23(21,22)16-12-8-18(17-15-12)9-13(19)20/h4-8,16H,9H2,1-3H3,(H,19,20). The van der Waals surface area contributed by atoms with E-state index in [1.165, 1.54) is 18.3 Å². The lowest BCUT2D eigenvalue weighted by Gasteiger charge is -2.19. The normalized spacial score (nSPS) is 12.1. The lowest BCUT2D eigenvalue weighted by atomic mass is 9.87. The van der Waals surface area contributed by atoms with Crippen molar-refractivity contribution in [2.45, 2.75) is 37.6 Å². The second-order valence-electron chi connectivity index (χ2n) is 6.07. The predicted octanol–water partition coefficient (Wildman–Crippen LogP) is 1.46. The number of aliphatic carboxylic acids is 1. The van der Waals surface area contributed by atoms with Crippen molar-refractivity contribution >= 4 is 21.8 Å². The fraction of sp³-hybridized carbons (Fsp3) is 0.357. The Morgan fingerprint density at radius 3 is 2.39 bits per heavy atom. The summed E-state index contributed by atoms with van der Waals surface area (Å²) < 4.78 is 27.9. The Labute approximate surface area is 134 Å². The Morgan fingerprint density at radius 1 is 1.26 bits per heavy atom. The van der Waals surface area contributed by atoms with Crippen molar-refractivity contribution in [3.63, 3.8) is 0 Å². The molecule has 1 heterocycles. The highest BCUT2D eigenvalue weighted by Crippen LogP contribution is 2.24. The van der Waals surface area contributed by atoms with Crippen LogP contribution in [0.5, 0.6) is 0 Å². The van der Waals surface area contributed by atoms with Crippen molar-refractivity contribution in [1.29, 1.82) is 0 Å². The van der Waals surface area contributed by atoms with Crippen molar-refractivity contribution in [3.8, 4) is 0 Å². The Bertz CT molecular complexity index is 804. The first-order chi connectivity index (χ1) is 10.6. The predicted molar refractivity (Wildman–Crippen MR) is 83.6 cm³/mol. The van der Waals surface area contributed by atoms with E-state index < -0.39 is 22.5 Å². The van der Waals surface area contributed by atoms with Gasteiger partial charge in [0.15, 0.2) is 5.82 Å². The fourth-order valence-electron chi connectivity index (χ4n) is 1.89. The number of hydrogen-bond donors (Lipinski definition) is 2. The van der Waals surface area contributed by atoms with Crippen molar-refractivity contribution in [3.05, 3.63) is 36.0 Å². The minimum absolute atomic E-state index is 0.0360. The molecule has 0 spiro atoms. The molecular weight excluding hydrogens is 320 g/mol. The molecule has 23 heavy (non-hydrogen) atoms. The maximum absolute atomic E-state index is 12.3. The molecule has 0 saturated heterocycles. The molecule has 0 saturated carbocycles. The zero-order chi connectivity index (χ0) is 17.3. The highest BCUT2D eigenvalue weighted by atomic mass is 32.2. The molecule has 0 radical (unpaired) electrons. The van der Waals surface area contributed by atoms with Gasteiger partial charge in [0.25, 0.3) is 10.0 Å². The molecule has 0 unspecified atom stereocenters. The number of nitrogens with zero attached hydrogens (tertiary/aromatic N) is 3. The quantitative estimate of drug-likeness (QED) is 0.853. The molecule has 0 aliphatic heterocycles. The summed E-state index contributed by atoms with van der Waals surface area (Å²) in [4.78, 5) is 10.7. The molecule has 0 aliphatic rings. The SMILES string of the molecule is CC(C)(C)c1ccc(S(=O)(=O)Nc2cn(CC(=O)O)nn2)cc1. The summed E-state index contributed by atoms with van der Waals surface area (Å²) in [5.74, 6) is -1.13. The number of carboxylic acid groups (broad SMARTS) is 1. The number of benzene rings is 1. The lowest BCUT2D eigenvalue weighted by molar-refractivity contribution is -0.137. The van der Waals surface area contributed by atoms with Crippen LogP contribution in [0.15, 0.2) is 35.4 Å². The van der Waals surface area contributed by atoms with E-state index in [1.54, 1.807) is 12.1 Å². The molecule has 9 heteroatoms. The first-order valence-corrected chi connectivity index (χ1v) is 8.31. The van der Waals surface area contributed by atoms with Gasteiger partial charge in [0, 0.05) is 0 Å². The van der Waals surface area contributed by atoms with E-state index in [2.05, 4.69) is 15.0 Å². The lowest BCUT2D eigenvalue weighted by Crippen LogP contribution is -2.15. The van der Waals surface area contributed by atoms with Gasteiger partial charge in [-0.25, -0.2) is 13.1 Å². The zero-order valence-corrected chi connectivity index (χ0v) is 13.8. The van der Waals surface area contributed by atoms with Crippen LogP contribution in [0.2, 0.25) is 0 Å². The third-order valence-electron chi connectivity index (χ3n) is 3.11. The molecule has 0 atom stereocenters. The maximum atomic E-state index is 12.3. The number of anilines is 1. The van der Waals surface area contributed by atoms with Crippen molar-refractivity contribution in [2.24, 2.45) is 0 Å². The van der Waals surface area contributed by atoms with Gasteiger partial charge in [-0.2, -0.15) is 0 Å². The average Bonchev–Trinajstić information content (AvgIpc) is 2.83. The van der Waals surface area contributed by atoms with E-state index in [0.29, 0.717) is 0 Å². The summed E-state index contributed by atoms with van der Waals surface area (Å²) in [7, 11) is -3.80. The van der Waals surface area contributed by atoms with Crippen LogP contribution in [0, 0.1) is 0 Å². The monoisotopic (exact) mass is 338 g/mol. The number of rotatable bonds is 5. The van der Waals surface area contributed by atoms with Crippen LogP contribution in [0.3, 0.4) is 0 Å². The smallest absolute Gasteiger partial charge is 0.325 e. The molecule has 2 N–H and O–H groups in total. The second-order valence-corrected chi connectivity index (χ2v) is 7.76. The molecule has 0 aliphatic carbocycles. The highest BCUT2D eigenvalue weighted by Gasteiger charge is 2.19. The molecular formula is C14H18N4O4S. The molecule has 0 fully saturated rings. The van der Waals surface area contributed by atoms with Gasteiger partial charge in [0.05, 0.1) is 11.1 Å². The van der Waals surface area contributed by atoms with Crippen molar-refractivity contribution in [2.75, 3.05) is 4.72 Å². The van der Waals surface area contributed by atoms with Crippen LogP contribution in [0.25, 0.3) is 0 Å². The van der Waals surface area contributed by atoms with Gasteiger partial charge < -0.3 is 5.11 Å². The molecule has 0 amide bonds. The maximum Gasteiger partial charge on any atom is 0.325 e. The Hall–Kier alpha value is -2.42. The van der Waals surface area contributed by atoms with Gasteiger partial charge in [-0.15, -0.1) is 5.10 Å². The van der Waals surface area contributed by atoms with Gasteiger partial charge in [0.1, 0.15) is 6.54 Å². The number of carbonyl (C=O) groups is 1. The highest BCUT2D eigenvalue weighted by molar-refractivity contribution is 7.92. The first kappa shape index (κ1) is 16.9. The molecule has 1 aromatic heterocycles. The third kappa shape index (κ3) is 4.28. The molecule has 8 nitrogen and oxygen atoms in total. The average molecular weight is 338 g/mol. The molecule has 124 valence electrons. The number of aromatic nitrogens is 3. The summed E-state index contributed by atoms with van der Waals surface area (Å²) >= 11 is 0. The van der Waals surface area contributed by atoms with Gasteiger partial charge in [-0.1, -0.05) is 38.1 Å². The second kappa shape index (κ2) is 5.99. The number of hydrogen-bond acceptors (Lipinski definition) is 5. The van der Waals surface area contributed by atoms with E-state index >= 15 is 0 Å². The fourth-order valence-corrected chi connectivity index (χ4v) is 2.87. The van der Waals surface area contributed by atoms with Crippen molar-refractivity contribution < 1.29 is 18.3 Å². The van der Waals surface area contributed by atoms with Gasteiger partial charge in [-0.3, -0.25) is 9.52 Å². The van der Waals surface area contributed by atoms with E-state index in [1.807, 2.05) is 20.8 Å².